The molecule has 1 aliphatic heterocycles. The zero-order valence-electron chi connectivity index (χ0n) is 7.58. The van der Waals surface area contributed by atoms with Gasteiger partial charge in [0.25, 0.3) is 0 Å². The van der Waals surface area contributed by atoms with Gasteiger partial charge >= 0.3 is 0 Å². The molecular weight excluding hydrogens is 138 g/mol. The van der Waals surface area contributed by atoms with Crippen LogP contribution in [0.15, 0.2) is 0 Å². The van der Waals surface area contributed by atoms with Crippen molar-refractivity contribution in [1.82, 2.24) is 4.90 Å². The molecule has 11 heavy (non-hydrogen) atoms. The van der Waals surface area contributed by atoms with Crippen molar-refractivity contribution in [2.75, 3.05) is 19.6 Å². The number of nitrogens with zero attached hydrogens (tertiary/aromatic N) is 1. The Morgan fingerprint density at radius 2 is 2.27 bits per heavy atom. The summed E-state index contributed by atoms with van der Waals surface area (Å²) in [5, 5.41) is 9.54. The molecule has 1 fully saturated rings. The molecule has 66 valence electrons. The molecule has 0 aromatic heterocycles. The Kier molecular flexibility index (Phi) is 3.34. The molecule has 0 spiro atoms. The average molecular weight is 157 g/mol. The number of aliphatic hydroxyl groups is 1. The Morgan fingerprint density at radius 3 is 2.91 bits per heavy atom. The van der Waals surface area contributed by atoms with Crippen LogP contribution >= 0.6 is 0 Å². The lowest BCUT2D eigenvalue weighted by molar-refractivity contribution is 0.105. The summed E-state index contributed by atoms with van der Waals surface area (Å²) in [6.07, 6.45) is 2.07. The summed E-state index contributed by atoms with van der Waals surface area (Å²) < 4.78 is 0. The van der Waals surface area contributed by atoms with Crippen LogP contribution in [-0.2, 0) is 0 Å². The molecule has 2 nitrogen and oxygen atoms in total. The Morgan fingerprint density at radius 1 is 1.55 bits per heavy atom. The maximum absolute atomic E-state index is 9.54. The van der Waals surface area contributed by atoms with Crippen molar-refractivity contribution in [3.05, 3.63) is 0 Å². The highest BCUT2D eigenvalue weighted by Gasteiger charge is 2.20. The number of hydrogen-bond donors (Lipinski definition) is 1. The summed E-state index contributed by atoms with van der Waals surface area (Å²) >= 11 is 0. The van der Waals surface area contributed by atoms with E-state index >= 15 is 0 Å². The molecule has 1 rings (SSSR count). The van der Waals surface area contributed by atoms with Crippen LogP contribution in [-0.4, -0.2) is 35.7 Å². The van der Waals surface area contributed by atoms with E-state index < -0.39 is 0 Å². The third-order valence-electron chi connectivity index (χ3n) is 2.62. The Labute approximate surface area is 69.2 Å². The molecular formula is C9H19NO. The minimum atomic E-state index is -0.0634. The van der Waals surface area contributed by atoms with Crippen LogP contribution in [0.4, 0.5) is 0 Å². The van der Waals surface area contributed by atoms with Crippen LogP contribution in [0.25, 0.3) is 0 Å². The minimum Gasteiger partial charge on any atom is -0.393 e. The quantitative estimate of drug-likeness (QED) is 0.616. The van der Waals surface area contributed by atoms with Gasteiger partial charge in [-0.1, -0.05) is 13.8 Å². The topological polar surface area (TPSA) is 23.5 Å². The Bertz CT molecular complexity index is 116. The third kappa shape index (κ3) is 2.46. The van der Waals surface area contributed by atoms with Gasteiger partial charge in [0.05, 0.1) is 6.10 Å². The molecule has 1 N–H and O–H groups in total. The van der Waals surface area contributed by atoms with Gasteiger partial charge < -0.3 is 10.0 Å². The van der Waals surface area contributed by atoms with Crippen LogP contribution in [0.5, 0.6) is 0 Å². The van der Waals surface area contributed by atoms with Gasteiger partial charge in [-0.05, 0) is 31.8 Å². The molecule has 2 unspecified atom stereocenters. The lowest BCUT2D eigenvalue weighted by Gasteiger charge is -2.21. The van der Waals surface area contributed by atoms with Crippen LogP contribution in [0.1, 0.15) is 26.7 Å². The van der Waals surface area contributed by atoms with Gasteiger partial charge in [0.2, 0.25) is 0 Å². The van der Waals surface area contributed by atoms with Crippen molar-refractivity contribution >= 4 is 0 Å². The van der Waals surface area contributed by atoms with Gasteiger partial charge in [-0.2, -0.15) is 0 Å². The number of likely N-dealkylation sites (tertiary alicyclic amines) is 1. The summed E-state index contributed by atoms with van der Waals surface area (Å²) in [5.41, 5.74) is 0. The van der Waals surface area contributed by atoms with E-state index in [4.69, 9.17) is 0 Å². The highest BCUT2D eigenvalue weighted by Crippen LogP contribution is 2.15. The first-order valence-electron chi connectivity index (χ1n) is 4.64. The van der Waals surface area contributed by atoms with Gasteiger partial charge in [-0.25, -0.2) is 0 Å². The third-order valence-corrected chi connectivity index (χ3v) is 2.62. The molecule has 0 bridgehead atoms. The maximum Gasteiger partial charge on any atom is 0.0578 e. The number of rotatable bonds is 1. The standard InChI is InChI=1S/C9H19NO/c1-3-10-6-4-5-9(11)8(2)7-10/h8-9,11H,3-7H2,1-2H3. The molecule has 1 saturated heterocycles. The van der Waals surface area contributed by atoms with Crippen molar-refractivity contribution in [3.63, 3.8) is 0 Å². The lowest BCUT2D eigenvalue weighted by atomic mass is 10.0. The maximum atomic E-state index is 9.54. The zero-order valence-corrected chi connectivity index (χ0v) is 7.58. The fourth-order valence-corrected chi connectivity index (χ4v) is 1.72. The number of aliphatic hydroxyl groups excluding tert-OH is 1. The normalized spacial score (nSPS) is 35.2. The SMILES string of the molecule is CCN1CCCC(O)C(C)C1. The minimum absolute atomic E-state index is 0.0634. The van der Waals surface area contributed by atoms with Gasteiger partial charge in [-0.3, -0.25) is 0 Å². The van der Waals surface area contributed by atoms with Crippen LogP contribution in [0, 0.1) is 5.92 Å². The molecule has 1 aliphatic rings. The molecule has 0 radical (unpaired) electrons. The predicted molar refractivity (Wildman–Crippen MR) is 46.5 cm³/mol. The van der Waals surface area contributed by atoms with Crippen molar-refractivity contribution in [3.8, 4) is 0 Å². The lowest BCUT2D eigenvalue weighted by Crippen LogP contribution is -2.30. The predicted octanol–water partition coefficient (Wildman–Crippen LogP) is 1.10. The van der Waals surface area contributed by atoms with E-state index in [0.29, 0.717) is 5.92 Å². The van der Waals surface area contributed by atoms with E-state index in [2.05, 4.69) is 18.7 Å². The summed E-state index contributed by atoms with van der Waals surface area (Å²) in [6, 6.07) is 0. The summed E-state index contributed by atoms with van der Waals surface area (Å²) in [5.74, 6) is 0.456. The smallest absolute Gasteiger partial charge is 0.0578 e. The van der Waals surface area contributed by atoms with E-state index in [1.165, 1.54) is 0 Å². The Balaban J connectivity index is 2.41. The van der Waals surface area contributed by atoms with E-state index in [1.54, 1.807) is 0 Å². The second-order valence-corrected chi connectivity index (χ2v) is 3.58. The molecule has 1 heterocycles. The molecule has 0 aromatic carbocycles. The molecule has 0 aromatic rings. The largest absolute Gasteiger partial charge is 0.393 e. The van der Waals surface area contributed by atoms with Crippen LogP contribution < -0.4 is 0 Å². The van der Waals surface area contributed by atoms with Gasteiger partial charge in [0, 0.05) is 6.54 Å². The van der Waals surface area contributed by atoms with Gasteiger partial charge in [-0.15, -0.1) is 0 Å². The van der Waals surface area contributed by atoms with E-state index in [-0.39, 0.29) is 6.10 Å². The molecule has 2 heteroatoms. The first-order valence-corrected chi connectivity index (χ1v) is 4.64. The summed E-state index contributed by atoms with van der Waals surface area (Å²) in [4.78, 5) is 2.42. The van der Waals surface area contributed by atoms with Crippen molar-refractivity contribution in [1.29, 1.82) is 0 Å². The van der Waals surface area contributed by atoms with Gasteiger partial charge in [0.1, 0.15) is 0 Å². The van der Waals surface area contributed by atoms with Crippen LogP contribution in [0.2, 0.25) is 0 Å². The highest BCUT2D eigenvalue weighted by molar-refractivity contribution is 4.73. The number of hydrogen-bond acceptors (Lipinski definition) is 2. The highest BCUT2D eigenvalue weighted by atomic mass is 16.3. The first-order chi connectivity index (χ1) is 5.24. The van der Waals surface area contributed by atoms with Crippen LogP contribution in [0.3, 0.4) is 0 Å². The Hall–Kier alpha value is -0.0800. The van der Waals surface area contributed by atoms with Crippen molar-refractivity contribution < 1.29 is 5.11 Å². The molecule has 0 amide bonds. The summed E-state index contributed by atoms with van der Waals surface area (Å²) in [6.45, 7) is 7.68. The molecule has 0 saturated carbocycles. The monoisotopic (exact) mass is 157 g/mol. The summed E-state index contributed by atoms with van der Waals surface area (Å²) in [7, 11) is 0. The van der Waals surface area contributed by atoms with E-state index in [1.807, 2.05) is 0 Å². The zero-order chi connectivity index (χ0) is 8.27. The molecule has 0 aliphatic carbocycles. The second-order valence-electron chi connectivity index (χ2n) is 3.58. The van der Waals surface area contributed by atoms with E-state index in [9.17, 15) is 5.11 Å². The van der Waals surface area contributed by atoms with Crippen molar-refractivity contribution in [2.45, 2.75) is 32.8 Å². The second kappa shape index (κ2) is 4.07. The van der Waals surface area contributed by atoms with Gasteiger partial charge in [0.15, 0.2) is 0 Å². The van der Waals surface area contributed by atoms with E-state index in [0.717, 1.165) is 32.5 Å². The van der Waals surface area contributed by atoms with Crippen molar-refractivity contribution in [2.24, 2.45) is 5.92 Å². The average Bonchev–Trinajstić information content (AvgIpc) is 2.15. The fourth-order valence-electron chi connectivity index (χ4n) is 1.72. The molecule has 2 atom stereocenters. The fraction of sp³-hybridized carbons (Fsp3) is 1.00. The first kappa shape index (κ1) is 9.01.